The number of rotatable bonds is 0. The Balaban J connectivity index is 2.32. The normalized spacial score (nSPS) is 27.1. The molecule has 0 spiro atoms. The van der Waals surface area contributed by atoms with Crippen molar-refractivity contribution in [2.45, 2.75) is 12.5 Å². The van der Waals surface area contributed by atoms with Gasteiger partial charge in [0.15, 0.2) is 0 Å². The van der Waals surface area contributed by atoms with E-state index in [-0.39, 0.29) is 11.4 Å². The number of hydrogen-bond acceptors (Lipinski definition) is 1. The largest absolute Gasteiger partial charge is 0.295 e. The molecule has 0 unspecified atom stereocenters. The van der Waals surface area contributed by atoms with Crippen LogP contribution in [0.5, 0.6) is 0 Å². The van der Waals surface area contributed by atoms with Crippen LogP contribution in [0.2, 0.25) is 0 Å². The summed E-state index contributed by atoms with van der Waals surface area (Å²) in [5.74, 6) is 0.0584. The Morgan fingerprint density at radius 1 is 1.33 bits per heavy atom. The third-order valence-electron chi connectivity index (χ3n) is 3.26. The molecule has 1 atom stereocenters. The minimum atomic E-state index is -0.315. The Labute approximate surface area is 88.5 Å². The molecule has 0 aliphatic carbocycles. The first-order valence-corrected chi connectivity index (χ1v) is 4.97. The fourth-order valence-electron chi connectivity index (χ4n) is 2.49. The van der Waals surface area contributed by atoms with Gasteiger partial charge < -0.3 is 0 Å². The average Bonchev–Trinajstić information content (AvgIpc) is 2.65. The van der Waals surface area contributed by atoms with Gasteiger partial charge in [0, 0.05) is 11.3 Å². The quantitative estimate of drug-likeness (QED) is 0.625. The number of nitrogens with zero attached hydrogens (tertiary/aromatic N) is 1. The van der Waals surface area contributed by atoms with E-state index in [0.29, 0.717) is 0 Å². The second kappa shape index (κ2) is 2.40. The topological polar surface area (TPSA) is 20.3 Å². The second-order valence-corrected chi connectivity index (χ2v) is 4.16. The Morgan fingerprint density at radius 3 is 2.87 bits per heavy atom. The number of carbonyl (C=O) groups excluding carboxylic acids is 1. The number of fused-ring (bicyclic) bond motifs is 3. The number of carbonyl (C=O) groups is 1. The summed E-state index contributed by atoms with van der Waals surface area (Å²) in [5, 5.41) is 0. The van der Waals surface area contributed by atoms with Gasteiger partial charge in [-0.25, -0.2) is 0 Å². The van der Waals surface area contributed by atoms with Crippen molar-refractivity contribution in [3.63, 3.8) is 0 Å². The highest BCUT2D eigenvalue weighted by Crippen LogP contribution is 2.45. The molecule has 0 radical (unpaired) electrons. The van der Waals surface area contributed by atoms with Crippen LogP contribution in [0.4, 0.5) is 0 Å². The molecule has 2 aliphatic rings. The molecule has 2 heterocycles. The SMILES string of the molecule is C=C1C=C[C@@]2(C)c3ccccc3C(=O)N12. The van der Waals surface area contributed by atoms with Crippen LogP contribution in [0.25, 0.3) is 0 Å². The van der Waals surface area contributed by atoms with Gasteiger partial charge in [-0.05, 0) is 24.6 Å². The summed E-state index contributed by atoms with van der Waals surface area (Å²) in [6, 6.07) is 7.75. The lowest BCUT2D eigenvalue weighted by atomic mass is 9.93. The van der Waals surface area contributed by atoms with E-state index in [1.165, 1.54) is 0 Å². The predicted molar refractivity (Wildman–Crippen MR) is 58.2 cm³/mol. The second-order valence-electron chi connectivity index (χ2n) is 4.16. The molecule has 1 amide bonds. The van der Waals surface area contributed by atoms with Crippen LogP contribution in [-0.4, -0.2) is 10.8 Å². The van der Waals surface area contributed by atoms with Crippen molar-refractivity contribution >= 4 is 5.91 Å². The van der Waals surface area contributed by atoms with Crippen molar-refractivity contribution in [3.05, 3.63) is 59.8 Å². The maximum absolute atomic E-state index is 12.1. The fraction of sp³-hybridized carbons (Fsp3) is 0.154. The minimum absolute atomic E-state index is 0.0584. The Morgan fingerprint density at radius 2 is 2.07 bits per heavy atom. The smallest absolute Gasteiger partial charge is 0.259 e. The number of allylic oxidation sites excluding steroid dienone is 1. The van der Waals surface area contributed by atoms with Crippen molar-refractivity contribution < 1.29 is 4.79 Å². The zero-order valence-electron chi connectivity index (χ0n) is 8.53. The molecule has 3 rings (SSSR count). The summed E-state index contributed by atoms with van der Waals surface area (Å²) < 4.78 is 0. The zero-order valence-corrected chi connectivity index (χ0v) is 8.53. The van der Waals surface area contributed by atoms with E-state index in [4.69, 9.17) is 0 Å². The van der Waals surface area contributed by atoms with Crippen molar-refractivity contribution in [2.75, 3.05) is 0 Å². The fourth-order valence-corrected chi connectivity index (χ4v) is 2.49. The molecule has 0 N–H and O–H groups in total. The van der Waals surface area contributed by atoms with Crippen molar-refractivity contribution in [3.8, 4) is 0 Å². The highest BCUT2D eigenvalue weighted by Gasteiger charge is 2.47. The van der Waals surface area contributed by atoms with Crippen LogP contribution in [0.1, 0.15) is 22.8 Å². The molecule has 2 nitrogen and oxygen atoms in total. The standard InChI is InChI=1S/C13H11NO/c1-9-7-8-13(2)11-6-4-3-5-10(11)12(15)14(9)13/h3-8H,1H2,2H3/t13-/m0/s1. The molecule has 74 valence electrons. The van der Waals surface area contributed by atoms with E-state index in [1.54, 1.807) is 4.90 Å². The summed E-state index contributed by atoms with van der Waals surface area (Å²) in [7, 11) is 0. The number of amides is 1. The summed E-state index contributed by atoms with van der Waals surface area (Å²) in [5.41, 5.74) is 2.33. The molecule has 0 aromatic heterocycles. The molecule has 0 saturated heterocycles. The zero-order chi connectivity index (χ0) is 10.6. The Hall–Kier alpha value is -1.83. The summed E-state index contributed by atoms with van der Waals surface area (Å²) in [6.07, 6.45) is 3.95. The Kier molecular flexibility index (Phi) is 1.35. The first-order valence-electron chi connectivity index (χ1n) is 4.97. The predicted octanol–water partition coefficient (Wildman–Crippen LogP) is 2.44. The third-order valence-corrected chi connectivity index (χ3v) is 3.26. The van der Waals surface area contributed by atoms with Crippen LogP contribution >= 0.6 is 0 Å². The minimum Gasteiger partial charge on any atom is -0.295 e. The van der Waals surface area contributed by atoms with Gasteiger partial charge in [-0.3, -0.25) is 9.69 Å². The molecular weight excluding hydrogens is 186 g/mol. The van der Waals surface area contributed by atoms with Gasteiger partial charge in [0.2, 0.25) is 0 Å². The molecule has 2 aliphatic heterocycles. The van der Waals surface area contributed by atoms with Gasteiger partial charge in [-0.1, -0.05) is 30.9 Å². The van der Waals surface area contributed by atoms with E-state index in [0.717, 1.165) is 16.8 Å². The monoisotopic (exact) mass is 197 g/mol. The van der Waals surface area contributed by atoms with E-state index >= 15 is 0 Å². The van der Waals surface area contributed by atoms with Crippen LogP contribution in [-0.2, 0) is 5.54 Å². The molecular formula is C13H11NO. The molecule has 2 heteroatoms. The van der Waals surface area contributed by atoms with Crippen molar-refractivity contribution in [2.24, 2.45) is 0 Å². The maximum atomic E-state index is 12.1. The lowest BCUT2D eigenvalue weighted by molar-refractivity contribution is 0.0765. The summed E-state index contributed by atoms with van der Waals surface area (Å²) in [6.45, 7) is 5.94. The first-order chi connectivity index (χ1) is 7.14. The maximum Gasteiger partial charge on any atom is 0.259 e. The molecule has 0 bridgehead atoms. The van der Waals surface area contributed by atoms with Gasteiger partial charge >= 0.3 is 0 Å². The van der Waals surface area contributed by atoms with E-state index in [9.17, 15) is 4.79 Å². The number of hydrogen-bond donors (Lipinski definition) is 0. The van der Waals surface area contributed by atoms with Gasteiger partial charge in [-0.2, -0.15) is 0 Å². The third kappa shape index (κ3) is 0.820. The molecule has 1 aromatic rings. The van der Waals surface area contributed by atoms with Crippen LogP contribution < -0.4 is 0 Å². The lowest BCUT2D eigenvalue weighted by Crippen LogP contribution is -2.34. The molecule has 15 heavy (non-hydrogen) atoms. The van der Waals surface area contributed by atoms with Crippen LogP contribution in [0.3, 0.4) is 0 Å². The number of benzene rings is 1. The van der Waals surface area contributed by atoms with Gasteiger partial charge in [0.1, 0.15) is 0 Å². The van der Waals surface area contributed by atoms with Gasteiger partial charge in [-0.15, -0.1) is 0 Å². The van der Waals surface area contributed by atoms with Crippen LogP contribution in [0.15, 0.2) is 48.7 Å². The van der Waals surface area contributed by atoms with Gasteiger partial charge in [0.25, 0.3) is 5.91 Å². The Bertz CT molecular complexity index is 515. The summed E-state index contributed by atoms with van der Waals surface area (Å²) in [4.78, 5) is 13.9. The highest BCUT2D eigenvalue weighted by molar-refractivity contribution is 6.02. The van der Waals surface area contributed by atoms with E-state index in [2.05, 4.69) is 6.58 Å². The van der Waals surface area contributed by atoms with Crippen molar-refractivity contribution in [1.29, 1.82) is 0 Å². The van der Waals surface area contributed by atoms with Crippen molar-refractivity contribution in [1.82, 2.24) is 4.90 Å². The average molecular weight is 197 g/mol. The molecule has 1 aromatic carbocycles. The van der Waals surface area contributed by atoms with E-state index < -0.39 is 0 Å². The molecule has 0 saturated carbocycles. The first kappa shape index (κ1) is 8.48. The lowest BCUT2D eigenvalue weighted by Gasteiger charge is -2.28. The summed E-state index contributed by atoms with van der Waals surface area (Å²) >= 11 is 0. The molecule has 0 fully saturated rings. The van der Waals surface area contributed by atoms with E-state index in [1.807, 2.05) is 43.3 Å². The van der Waals surface area contributed by atoms with Crippen LogP contribution in [0, 0.1) is 0 Å². The van der Waals surface area contributed by atoms with Gasteiger partial charge in [0.05, 0.1) is 5.54 Å². The highest BCUT2D eigenvalue weighted by atomic mass is 16.2.